The summed E-state index contributed by atoms with van der Waals surface area (Å²) in [6.07, 6.45) is 0.835. The zero-order valence-corrected chi connectivity index (χ0v) is 17.7. The number of nitrogens with one attached hydrogen (secondary N) is 1. The molecule has 0 spiro atoms. The second kappa shape index (κ2) is 9.45. The van der Waals surface area contributed by atoms with Gasteiger partial charge in [0.15, 0.2) is 0 Å². The van der Waals surface area contributed by atoms with Gasteiger partial charge in [0.05, 0.1) is 17.7 Å². The van der Waals surface area contributed by atoms with Crippen LogP contribution >= 0.6 is 0 Å². The molecule has 156 valence electrons. The lowest BCUT2D eigenvalue weighted by Crippen LogP contribution is -2.38. The number of amides is 1. The molecule has 0 radical (unpaired) electrons. The molecule has 1 N–H and O–H groups in total. The van der Waals surface area contributed by atoms with Gasteiger partial charge in [0.2, 0.25) is 5.91 Å². The lowest BCUT2D eigenvalue weighted by atomic mass is 10.1. The van der Waals surface area contributed by atoms with Crippen molar-refractivity contribution >= 4 is 27.3 Å². The van der Waals surface area contributed by atoms with Crippen molar-refractivity contribution in [1.29, 1.82) is 0 Å². The summed E-state index contributed by atoms with van der Waals surface area (Å²) in [7, 11) is -2.39. The average Bonchev–Trinajstić information content (AvgIpc) is 2.78. The van der Waals surface area contributed by atoms with E-state index in [4.69, 9.17) is 4.74 Å². The molecule has 0 fully saturated rings. The molecule has 3 aromatic carbocycles. The van der Waals surface area contributed by atoms with Crippen molar-refractivity contribution in [1.82, 2.24) is 0 Å². The first kappa shape index (κ1) is 21.4. The van der Waals surface area contributed by atoms with Gasteiger partial charge in [0, 0.05) is 11.8 Å². The van der Waals surface area contributed by atoms with Crippen LogP contribution in [0.15, 0.2) is 83.8 Å². The fraction of sp³-hybridized carbons (Fsp3) is 0.174. The Morgan fingerprint density at radius 2 is 1.67 bits per heavy atom. The van der Waals surface area contributed by atoms with Crippen LogP contribution in [0.2, 0.25) is 0 Å². The topological polar surface area (TPSA) is 75.7 Å². The predicted octanol–water partition coefficient (Wildman–Crippen LogP) is 4.09. The van der Waals surface area contributed by atoms with Crippen LogP contribution in [-0.4, -0.2) is 28.0 Å². The molecule has 0 aliphatic carbocycles. The van der Waals surface area contributed by atoms with Gasteiger partial charge in [0.25, 0.3) is 10.0 Å². The van der Waals surface area contributed by atoms with Crippen LogP contribution in [-0.2, 0) is 21.2 Å². The molecule has 0 aromatic heterocycles. The summed E-state index contributed by atoms with van der Waals surface area (Å²) >= 11 is 0. The van der Waals surface area contributed by atoms with Crippen LogP contribution < -0.4 is 14.4 Å². The third-order valence-corrected chi connectivity index (χ3v) is 6.39. The molecule has 0 saturated heterocycles. The van der Waals surface area contributed by atoms with Crippen LogP contribution in [0.5, 0.6) is 5.75 Å². The van der Waals surface area contributed by atoms with Crippen molar-refractivity contribution in [2.45, 2.75) is 18.2 Å². The molecule has 0 bridgehead atoms. The molecule has 7 heteroatoms. The van der Waals surface area contributed by atoms with Gasteiger partial charge in [-0.05, 0) is 48.4 Å². The zero-order valence-electron chi connectivity index (χ0n) is 16.9. The van der Waals surface area contributed by atoms with Crippen LogP contribution in [0.4, 0.5) is 11.4 Å². The first-order chi connectivity index (χ1) is 14.4. The molecule has 1 amide bonds. The SMILES string of the molecule is CCc1ccc(N(CC(=O)Nc2cccc(OC)c2)S(=O)(=O)c2ccccc2)cc1. The third-order valence-electron chi connectivity index (χ3n) is 4.60. The number of hydrogen-bond donors (Lipinski definition) is 1. The fourth-order valence-corrected chi connectivity index (χ4v) is 4.41. The van der Waals surface area contributed by atoms with E-state index in [0.29, 0.717) is 17.1 Å². The molecule has 0 heterocycles. The minimum Gasteiger partial charge on any atom is -0.497 e. The highest BCUT2D eigenvalue weighted by atomic mass is 32.2. The highest BCUT2D eigenvalue weighted by Gasteiger charge is 2.27. The van der Waals surface area contributed by atoms with Gasteiger partial charge >= 0.3 is 0 Å². The maximum absolute atomic E-state index is 13.3. The Hall–Kier alpha value is -3.32. The summed E-state index contributed by atoms with van der Waals surface area (Å²) < 4.78 is 32.9. The van der Waals surface area contributed by atoms with E-state index in [1.165, 1.54) is 19.2 Å². The van der Waals surface area contributed by atoms with Gasteiger partial charge in [-0.2, -0.15) is 0 Å². The molecular weight excluding hydrogens is 400 g/mol. The summed E-state index contributed by atoms with van der Waals surface area (Å²) in [5.74, 6) is 0.138. The highest BCUT2D eigenvalue weighted by Crippen LogP contribution is 2.24. The number of aryl methyl sites for hydroxylation is 1. The molecule has 0 unspecified atom stereocenters. The molecule has 0 aliphatic rings. The van der Waals surface area contributed by atoms with E-state index in [1.54, 1.807) is 54.6 Å². The molecule has 0 saturated carbocycles. The molecular formula is C23H24N2O4S. The Morgan fingerprint density at radius 3 is 2.30 bits per heavy atom. The standard InChI is InChI=1S/C23H24N2O4S/c1-3-18-12-14-20(15-13-18)25(30(27,28)22-10-5-4-6-11-22)17-23(26)24-19-8-7-9-21(16-19)29-2/h4-16H,3,17H2,1-2H3,(H,24,26). The van der Waals surface area contributed by atoms with Gasteiger partial charge in [0.1, 0.15) is 12.3 Å². The molecule has 3 rings (SSSR count). The van der Waals surface area contributed by atoms with Crippen molar-refractivity contribution in [3.05, 3.63) is 84.4 Å². The normalized spacial score (nSPS) is 11.0. The van der Waals surface area contributed by atoms with E-state index in [0.717, 1.165) is 16.3 Å². The summed E-state index contributed by atoms with van der Waals surface area (Å²) in [4.78, 5) is 12.9. The smallest absolute Gasteiger partial charge is 0.264 e. The molecule has 0 atom stereocenters. The number of carbonyl (C=O) groups excluding carboxylic acids is 1. The number of rotatable bonds is 8. The largest absolute Gasteiger partial charge is 0.497 e. The second-order valence-corrected chi connectivity index (χ2v) is 8.49. The first-order valence-corrected chi connectivity index (χ1v) is 11.0. The van der Waals surface area contributed by atoms with E-state index in [1.807, 2.05) is 19.1 Å². The summed E-state index contributed by atoms with van der Waals surface area (Å²) in [6, 6.07) is 22.1. The second-order valence-electron chi connectivity index (χ2n) is 6.62. The lowest BCUT2D eigenvalue weighted by Gasteiger charge is -2.24. The Kier molecular flexibility index (Phi) is 6.74. The fourth-order valence-electron chi connectivity index (χ4n) is 2.96. The molecule has 3 aromatic rings. The van der Waals surface area contributed by atoms with Crippen LogP contribution in [0.3, 0.4) is 0 Å². The van der Waals surface area contributed by atoms with Crippen LogP contribution in [0.25, 0.3) is 0 Å². The van der Waals surface area contributed by atoms with Crippen molar-refractivity contribution < 1.29 is 17.9 Å². The number of hydrogen-bond acceptors (Lipinski definition) is 4. The van der Waals surface area contributed by atoms with E-state index in [2.05, 4.69) is 5.32 Å². The number of ether oxygens (including phenoxy) is 1. The maximum atomic E-state index is 13.3. The minimum atomic E-state index is -3.93. The number of benzene rings is 3. The van der Waals surface area contributed by atoms with Gasteiger partial charge in [-0.1, -0.05) is 43.3 Å². The van der Waals surface area contributed by atoms with Crippen LogP contribution in [0.1, 0.15) is 12.5 Å². The number of sulfonamides is 1. The van der Waals surface area contributed by atoms with E-state index in [-0.39, 0.29) is 11.4 Å². The highest BCUT2D eigenvalue weighted by molar-refractivity contribution is 7.92. The Bertz CT molecular complexity index is 1100. The van der Waals surface area contributed by atoms with Gasteiger partial charge in [-0.15, -0.1) is 0 Å². The molecule has 30 heavy (non-hydrogen) atoms. The van der Waals surface area contributed by atoms with Crippen molar-refractivity contribution in [2.75, 3.05) is 23.3 Å². The molecule has 6 nitrogen and oxygen atoms in total. The van der Waals surface area contributed by atoms with Gasteiger partial charge < -0.3 is 10.1 Å². The zero-order chi connectivity index (χ0) is 21.6. The maximum Gasteiger partial charge on any atom is 0.264 e. The van der Waals surface area contributed by atoms with Crippen molar-refractivity contribution in [3.63, 3.8) is 0 Å². The monoisotopic (exact) mass is 424 g/mol. The van der Waals surface area contributed by atoms with Gasteiger partial charge in [-0.3, -0.25) is 9.10 Å². The van der Waals surface area contributed by atoms with E-state index >= 15 is 0 Å². The molecule has 0 aliphatic heterocycles. The Labute approximate surface area is 177 Å². The van der Waals surface area contributed by atoms with Crippen molar-refractivity contribution in [3.8, 4) is 5.75 Å². The van der Waals surface area contributed by atoms with E-state index in [9.17, 15) is 13.2 Å². The number of carbonyl (C=O) groups is 1. The van der Waals surface area contributed by atoms with Crippen LogP contribution in [0, 0.1) is 0 Å². The summed E-state index contributed by atoms with van der Waals surface area (Å²) in [5.41, 5.74) is 2.03. The van der Waals surface area contributed by atoms with Crippen molar-refractivity contribution in [2.24, 2.45) is 0 Å². The number of anilines is 2. The summed E-state index contributed by atoms with van der Waals surface area (Å²) in [6.45, 7) is 1.66. The Balaban J connectivity index is 1.91. The quantitative estimate of drug-likeness (QED) is 0.591. The number of nitrogens with zero attached hydrogens (tertiary/aromatic N) is 1. The lowest BCUT2D eigenvalue weighted by molar-refractivity contribution is -0.114. The minimum absolute atomic E-state index is 0.124. The number of methoxy groups -OCH3 is 1. The average molecular weight is 425 g/mol. The predicted molar refractivity (Wildman–Crippen MR) is 118 cm³/mol. The third kappa shape index (κ3) is 4.99. The Morgan fingerprint density at radius 1 is 0.967 bits per heavy atom. The summed E-state index contributed by atoms with van der Waals surface area (Å²) in [5, 5.41) is 2.74. The van der Waals surface area contributed by atoms with E-state index < -0.39 is 15.9 Å². The first-order valence-electron chi connectivity index (χ1n) is 9.54. The van der Waals surface area contributed by atoms with Gasteiger partial charge in [-0.25, -0.2) is 8.42 Å².